The first-order valence-corrected chi connectivity index (χ1v) is 3.10. The van der Waals surface area contributed by atoms with Gasteiger partial charge in [-0.1, -0.05) is 18.9 Å². The van der Waals surface area contributed by atoms with Gasteiger partial charge in [-0.15, -0.1) is 0 Å². The van der Waals surface area contributed by atoms with Crippen molar-refractivity contribution >= 4 is 0 Å². The van der Waals surface area contributed by atoms with Crippen LogP contribution in [0, 0.1) is 0 Å². The van der Waals surface area contributed by atoms with Crippen molar-refractivity contribution < 1.29 is 0 Å². The van der Waals surface area contributed by atoms with Gasteiger partial charge < -0.3 is 5.73 Å². The highest BCUT2D eigenvalue weighted by molar-refractivity contribution is 5.04. The van der Waals surface area contributed by atoms with E-state index in [0.717, 1.165) is 12.1 Å². The van der Waals surface area contributed by atoms with Crippen LogP contribution in [0.2, 0.25) is 0 Å². The van der Waals surface area contributed by atoms with Crippen LogP contribution in [0.15, 0.2) is 11.3 Å². The number of hydrogen-bond acceptors (Lipinski definition) is 1. The first-order chi connectivity index (χ1) is 3.68. The topological polar surface area (TPSA) is 26.0 Å². The lowest BCUT2D eigenvalue weighted by Crippen LogP contribution is -1.94. The molecule has 1 nitrogen and oxygen atoms in total. The Balaban J connectivity index is 3.62. The van der Waals surface area contributed by atoms with E-state index < -0.39 is 0 Å². The lowest BCUT2D eigenvalue weighted by molar-refractivity contribution is 0.886. The highest BCUT2D eigenvalue weighted by Gasteiger charge is 1.87. The molecule has 0 heterocycles. The molecule has 0 aromatic carbocycles. The summed E-state index contributed by atoms with van der Waals surface area (Å²) >= 11 is 0. The van der Waals surface area contributed by atoms with Crippen LogP contribution in [0.4, 0.5) is 0 Å². The number of rotatable bonds is 2. The largest absolute Gasteiger partial charge is 0.402 e. The van der Waals surface area contributed by atoms with Gasteiger partial charge in [0.15, 0.2) is 0 Å². The van der Waals surface area contributed by atoms with E-state index in [4.69, 9.17) is 5.73 Å². The summed E-state index contributed by atoms with van der Waals surface area (Å²) in [5, 5.41) is 0. The van der Waals surface area contributed by atoms with Gasteiger partial charge in [0, 0.05) is 5.70 Å². The summed E-state index contributed by atoms with van der Waals surface area (Å²) in [6.45, 7) is 6.19. The fourth-order valence-electron chi connectivity index (χ4n) is 0.572. The molecule has 8 heavy (non-hydrogen) atoms. The summed E-state index contributed by atoms with van der Waals surface area (Å²) in [5.41, 5.74) is 7.81. The van der Waals surface area contributed by atoms with Gasteiger partial charge in [-0.05, 0) is 20.3 Å². The van der Waals surface area contributed by atoms with Gasteiger partial charge in [0.25, 0.3) is 0 Å². The molecule has 0 fully saturated rings. The molecule has 0 saturated carbocycles. The Labute approximate surface area is 51.6 Å². The molecule has 0 bridgehead atoms. The Bertz CT molecular complexity index is 88.6. The Morgan fingerprint density at radius 2 is 1.88 bits per heavy atom. The van der Waals surface area contributed by atoms with Crippen molar-refractivity contribution in [2.75, 3.05) is 0 Å². The molecular weight excluding hydrogens is 98.1 g/mol. The number of allylic oxidation sites excluding steroid dienone is 2. The quantitative estimate of drug-likeness (QED) is 0.582. The molecule has 0 aromatic rings. The molecule has 0 amide bonds. The maximum absolute atomic E-state index is 5.50. The highest BCUT2D eigenvalue weighted by Crippen LogP contribution is 2.04. The first-order valence-electron chi connectivity index (χ1n) is 3.10. The van der Waals surface area contributed by atoms with Crippen molar-refractivity contribution in [1.29, 1.82) is 0 Å². The fraction of sp³-hybridized carbons (Fsp3) is 0.714. The molecular formula is C7H15N. The van der Waals surface area contributed by atoms with Gasteiger partial charge in [-0.25, -0.2) is 0 Å². The lowest BCUT2D eigenvalue weighted by atomic mass is 10.1. The summed E-state index contributed by atoms with van der Waals surface area (Å²) in [5.74, 6) is 0. The monoisotopic (exact) mass is 113 g/mol. The molecule has 0 aliphatic heterocycles. The minimum absolute atomic E-state index is 0.979. The Morgan fingerprint density at radius 1 is 1.38 bits per heavy atom. The van der Waals surface area contributed by atoms with Crippen LogP contribution in [-0.4, -0.2) is 0 Å². The second-order valence-corrected chi connectivity index (χ2v) is 2.21. The van der Waals surface area contributed by atoms with E-state index in [1.54, 1.807) is 0 Å². The molecule has 0 spiro atoms. The summed E-state index contributed by atoms with van der Waals surface area (Å²) in [4.78, 5) is 0. The minimum Gasteiger partial charge on any atom is -0.402 e. The molecule has 48 valence electrons. The minimum atomic E-state index is 0.979. The van der Waals surface area contributed by atoms with Gasteiger partial charge in [-0.3, -0.25) is 0 Å². The second kappa shape index (κ2) is 3.53. The van der Waals surface area contributed by atoms with Crippen molar-refractivity contribution in [2.24, 2.45) is 5.73 Å². The zero-order chi connectivity index (χ0) is 6.57. The van der Waals surface area contributed by atoms with Crippen molar-refractivity contribution in [3.8, 4) is 0 Å². The third kappa shape index (κ3) is 2.67. The van der Waals surface area contributed by atoms with Crippen molar-refractivity contribution in [3.05, 3.63) is 11.3 Å². The third-order valence-corrected chi connectivity index (χ3v) is 1.30. The molecule has 0 aromatic heterocycles. The molecule has 0 rings (SSSR count). The SMILES string of the molecule is CCC/C(C)=C(\C)N. The Kier molecular flexibility index (Phi) is 3.33. The molecule has 0 radical (unpaired) electrons. The molecule has 0 saturated heterocycles. The van der Waals surface area contributed by atoms with E-state index in [1.807, 2.05) is 6.92 Å². The van der Waals surface area contributed by atoms with Crippen LogP contribution < -0.4 is 5.73 Å². The Morgan fingerprint density at radius 3 is 2.00 bits per heavy atom. The van der Waals surface area contributed by atoms with Crippen LogP contribution >= 0.6 is 0 Å². The average Bonchev–Trinajstić information content (AvgIpc) is 1.67. The number of hydrogen-bond donors (Lipinski definition) is 1. The summed E-state index contributed by atoms with van der Waals surface area (Å²) < 4.78 is 0. The van der Waals surface area contributed by atoms with Gasteiger partial charge in [0.1, 0.15) is 0 Å². The van der Waals surface area contributed by atoms with Gasteiger partial charge in [-0.2, -0.15) is 0 Å². The predicted octanol–water partition coefficient (Wildman–Crippen LogP) is 2.04. The summed E-state index contributed by atoms with van der Waals surface area (Å²) in [6, 6.07) is 0. The molecule has 0 unspecified atom stereocenters. The lowest BCUT2D eigenvalue weighted by Gasteiger charge is -1.98. The average molecular weight is 113 g/mol. The van der Waals surface area contributed by atoms with Crippen LogP contribution in [0.25, 0.3) is 0 Å². The molecule has 0 atom stereocenters. The molecule has 0 aliphatic rings. The maximum atomic E-state index is 5.50. The van der Waals surface area contributed by atoms with E-state index in [9.17, 15) is 0 Å². The van der Waals surface area contributed by atoms with Crippen LogP contribution in [0.5, 0.6) is 0 Å². The Hall–Kier alpha value is -0.460. The maximum Gasteiger partial charge on any atom is 0.00379 e. The van der Waals surface area contributed by atoms with Gasteiger partial charge in [0.2, 0.25) is 0 Å². The van der Waals surface area contributed by atoms with E-state index >= 15 is 0 Å². The van der Waals surface area contributed by atoms with E-state index in [2.05, 4.69) is 13.8 Å². The predicted molar refractivity (Wildman–Crippen MR) is 37.5 cm³/mol. The van der Waals surface area contributed by atoms with Crippen LogP contribution in [0.1, 0.15) is 33.6 Å². The van der Waals surface area contributed by atoms with Gasteiger partial charge >= 0.3 is 0 Å². The third-order valence-electron chi connectivity index (χ3n) is 1.30. The van der Waals surface area contributed by atoms with Crippen molar-refractivity contribution in [2.45, 2.75) is 33.6 Å². The zero-order valence-corrected chi connectivity index (χ0v) is 5.99. The summed E-state index contributed by atoms with van der Waals surface area (Å²) in [6.07, 6.45) is 2.34. The van der Waals surface area contributed by atoms with Crippen LogP contribution in [-0.2, 0) is 0 Å². The standard InChI is InChI=1S/C7H15N/c1-4-5-6(2)7(3)8/h4-5,8H2,1-3H3/b7-6+. The van der Waals surface area contributed by atoms with Crippen molar-refractivity contribution in [1.82, 2.24) is 0 Å². The van der Waals surface area contributed by atoms with E-state index in [1.165, 1.54) is 12.0 Å². The smallest absolute Gasteiger partial charge is 0.00379 e. The van der Waals surface area contributed by atoms with Gasteiger partial charge in [0.05, 0.1) is 0 Å². The first kappa shape index (κ1) is 7.54. The zero-order valence-electron chi connectivity index (χ0n) is 5.99. The van der Waals surface area contributed by atoms with E-state index in [-0.39, 0.29) is 0 Å². The number of nitrogens with two attached hydrogens (primary N) is 1. The second-order valence-electron chi connectivity index (χ2n) is 2.21. The normalized spacial score (nSPS) is 13.4. The summed E-state index contributed by atoms with van der Waals surface area (Å²) in [7, 11) is 0. The van der Waals surface area contributed by atoms with Crippen molar-refractivity contribution in [3.63, 3.8) is 0 Å². The highest BCUT2D eigenvalue weighted by atomic mass is 14.6. The molecule has 0 aliphatic carbocycles. The van der Waals surface area contributed by atoms with E-state index in [0.29, 0.717) is 0 Å². The fourth-order valence-corrected chi connectivity index (χ4v) is 0.572. The molecule has 1 heteroatoms. The molecule has 2 N–H and O–H groups in total. The van der Waals surface area contributed by atoms with Crippen LogP contribution in [0.3, 0.4) is 0 Å².